The van der Waals surface area contributed by atoms with E-state index in [4.69, 9.17) is 4.74 Å². The molecule has 1 aromatic rings. The van der Waals surface area contributed by atoms with Gasteiger partial charge >= 0.3 is 0 Å². The van der Waals surface area contributed by atoms with Gasteiger partial charge in [0.05, 0.1) is 5.60 Å². The van der Waals surface area contributed by atoms with Crippen molar-refractivity contribution in [3.63, 3.8) is 0 Å². The molecule has 0 saturated carbocycles. The first-order chi connectivity index (χ1) is 10.3. The van der Waals surface area contributed by atoms with E-state index in [0.717, 1.165) is 26.0 Å². The molecule has 1 aliphatic heterocycles. The van der Waals surface area contributed by atoms with Crippen LogP contribution in [0.2, 0.25) is 0 Å². The standard InChI is InChI=1S/C19H31NO/c1-3-19(4-2)16-18(13-15-21-19)20-14-9-8-12-17-10-6-5-7-11-17/h5-7,10-11,18,20H,3-4,8-9,12-16H2,1-2H3. The van der Waals surface area contributed by atoms with Crippen LogP contribution in [0.5, 0.6) is 0 Å². The van der Waals surface area contributed by atoms with Gasteiger partial charge in [0, 0.05) is 12.6 Å². The summed E-state index contributed by atoms with van der Waals surface area (Å²) >= 11 is 0. The highest BCUT2D eigenvalue weighted by molar-refractivity contribution is 5.14. The number of nitrogens with one attached hydrogen (secondary N) is 1. The molecule has 1 saturated heterocycles. The van der Waals surface area contributed by atoms with E-state index in [2.05, 4.69) is 49.5 Å². The second-order valence-electron chi connectivity index (χ2n) is 6.33. The highest BCUT2D eigenvalue weighted by atomic mass is 16.5. The molecule has 2 heteroatoms. The van der Waals surface area contributed by atoms with E-state index in [1.54, 1.807) is 0 Å². The second-order valence-corrected chi connectivity index (χ2v) is 6.33. The Morgan fingerprint density at radius 3 is 2.62 bits per heavy atom. The summed E-state index contributed by atoms with van der Waals surface area (Å²) < 4.78 is 6.04. The van der Waals surface area contributed by atoms with Gasteiger partial charge in [-0.2, -0.15) is 0 Å². The van der Waals surface area contributed by atoms with Crippen molar-refractivity contribution in [3.8, 4) is 0 Å². The Bertz CT molecular complexity index is 386. The predicted molar refractivity (Wildman–Crippen MR) is 89.7 cm³/mol. The molecule has 21 heavy (non-hydrogen) atoms. The van der Waals surface area contributed by atoms with Gasteiger partial charge < -0.3 is 10.1 Å². The van der Waals surface area contributed by atoms with E-state index < -0.39 is 0 Å². The second kappa shape index (κ2) is 8.55. The van der Waals surface area contributed by atoms with Gasteiger partial charge in [0.2, 0.25) is 0 Å². The van der Waals surface area contributed by atoms with Crippen LogP contribution in [0.25, 0.3) is 0 Å². The van der Waals surface area contributed by atoms with Crippen molar-refractivity contribution in [2.24, 2.45) is 0 Å². The van der Waals surface area contributed by atoms with Gasteiger partial charge in [-0.3, -0.25) is 0 Å². The van der Waals surface area contributed by atoms with Crippen LogP contribution >= 0.6 is 0 Å². The fraction of sp³-hybridized carbons (Fsp3) is 0.684. The maximum absolute atomic E-state index is 6.04. The van der Waals surface area contributed by atoms with Crippen molar-refractivity contribution < 1.29 is 4.74 Å². The number of rotatable bonds is 8. The Morgan fingerprint density at radius 2 is 1.90 bits per heavy atom. The molecular formula is C19H31NO. The van der Waals surface area contributed by atoms with E-state index in [0.29, 0.717) is 6.04 Å². The Kier molecular flexibility index (Phi) is 6.72. The van der Waals surface area contributed by atoms with Gasteiger partial charge in [0.25, 0.3) is 0 Å². The van der Waals surface area contributed by atoms with Gasteiger partial charge in [-0.15, -0.1) is 0 Å². The predicted octanol–water partition coefficient (Wildman–Crippen LogP) is 4.34. The third-order valence-corrected chi connectivity index (χ3v) is 4.95. The van der Waals surface area contributed by atoms with Gasteiger partial charge in [-0.1, -0.05) is 44.2 Å². The van der Waals surface area contributed by atoms with Crippen LogP contribution in [-0.2, 0) is 11.2 Å². The summed E-state index contributed by atoms with van der Waals surface area (Å²) in [5.74, 6) is 0. The molecule has 1 N–H and O–H groups in total. The maximum Gasteiger partial charge on any atom is 0.0692 e. The molecule has 1 atom stereocenters. The van der Waals surface area contributed by atoms with Crippen LogP contribution in [0.3, 0.4) is 0 Å². The molecule has 1 fully saturated rings. The SMILES string of the molecule is CCC1(CC)CC(NCCCCc2ccccc2)CCO1. The summed E-state index contributed by atoms with van der Waals surface area (Å²) in [6.07, 6.45) is 8.35. The molecule has 0 aromatic heterocycles. The number of unbranched alkanes of at least 4 members (excludes halogenated alkanes) is 1. The summed E-state index contributed by atoms with van der Waals surface area (Å²) in [6, 6.07) is 11.4. The van der Waals surface area contributed by atoms with Crippen molar-refractivity contribution in [3.05, 3.63) is 35.9 Å². The summed E-state index contributed by atoms with van der Waals surface area (Å²) in [5.41, 5.74) is 1.60. The Morgan fingerprint density at radius 1 is 1.14 bits per heavy atom. The van der Waals surface area contributed by atoms with E-state index in [1.807, 2.05) is 0 Å². The zero-order valence-electron chi connectivity index (χ0n) is 13.7. The zero-order chi connectivity index (χ0) is 15.0. The summed E-state index contributed by atoms with van der Waals surface area (Å²) in [7, 11) is 0. The molecule has 0 spiro atoms. The molecule has 1 aromatic carbocycles. The van der Waals surface area contributed by atoms with E-state index >= 15 is 0 Å². The lowest BCUT2D eigenvalue weighted by atomic mass is 9.86. The van der Waals surface area contributed by atoms with E-state index in [1.165, 1.54) is 37.7 Å². The first kappa shape index (κ1) is 16.5. The molecule has 2 rings (SSSR count). The van der Waals surface area contributed by atoms with Crippen molar-refractivity contribution in [2.45, 2.75) is 70.4 Å². The highest BCUT2D eigenvalue weighted by Crippen LogP contribution is 2.31. The summed E-state index contributed by atoms with van der Waals surface area (Å²) in [4.78, 5) is 0. The number of ether oxygens (including phenoxy) is 1. The lowest BCUT2D eigenvalue weighted by Crippen LogP contribution is -2.46. The molecule has 1 heterocycles. The number of benzene rings is 1. The molecule has 2 nitrogen and oxygen atoms in total. The van der Waals surface area contributed by atoms with Crippen molar-refractivity contribution in [1.29, 1.82) is 0 Å². The third kappa shape index (κ3) is 5.12. The Hall–Kier alpha value is -0.860. The highest BCUT2D eigenvalue weighted by Gasteiger charge is 2.33. The topological polar surface area (TPSA) is 21.3 Å². The van der Waals surface area contributed by atoms with Crippen molar-refractivity contribution in [2.75, 3.05) is 13.2 Å². The van der Waals surface area contributed by atoms with Crippen LogP contribution in [0, 0.1) is 0 Å². The molecule has 0 bridgehead atoms. The smallest absolute Gasteiger partial charge is 0.0692 e. The lowest BCUT2D eigenvalue weighted by molar-refractivity contribution is -0.0929. The fourth-order valence-corrected chi connectivity index (χ4v) is 3.35. The lowest BCUT2D eigenvalue weighted by Gasteiger charge is -2.40. The molecule has 0 aliphatic carbocycles. The minimum absolute atomic E-state index is 0.139. The first-order valence-corrected chi connectivity index (χ1v) is 8.69. The Labute approximate surface area is 130 Å². The van der Waals surface area contributed by atoms with Gasteiger partial charge in [-0.25, -0.2) is 0 Å². The Balaban J connectivity index is 1.62. The average molecular weight is 289 g/mol. The average Bonchev–Trinajstić information content (AvgIpc) is 2.55. The quantitative estimate of drug-likeness (QED) is 0.719. The summed E-state index contributed by atoms with van der Waals surface area (Å²) in [6.45, 7) is 6.57. The molecule has 0 amide bonds. The van der Waals surface area contributed by atoms with Gasteiger partial charge in [0.15, 0.2) is 0 Å². The molecule has 0 radical (unpaired) electrons. The normalized spacial score (nSPS) is 21.3. The largest absolute Gasteiger partial charge is 0.375 e. The van der Waals surface area contributed by atoms with Gasteiger partial charge in [0.1, 0.15) is 0 Å². The number of hydrogen-bond donors (Lipinski definition) is 1. The van der Waals surface area contributed by atoms with Crippen molar-refractivity contribution >= 4 is 0 Å². The van der Waals surface area contributed by atoms with Crippen molar-refractivity contribution in [1.82, 2.24) is 5.32 Å². The minimum atomic E-state index is 0.139. The molecule has 1 aliphatic rings. The van der Waals surface area contributed by atoms with Crippen LogP contribution < -0.4 is 5.32 Å². The van der Waals surface area contributed by atoms with Crippen LogP contribution in [0.15, 0.2) is 30.3 Å². The third-order valence-electron chi connectivity index (χ3n) is 4.95. The fourth-order valence-electron chi connectivity index (χ4n) is 3.35. The molecular weight excluding hydrogens is 258 g/mol. The maximum atomic E-state index is 6.04. The molecule has 1 unspecified atom stereocenters. The monoisotopic (exact) mass is 289 g/mol. The van der Waals surface area contributed by atoms with E-state index in [9.17, 15) is 0 Å². The first-order valence-electron chi connectivity index (χ1n) is 8.69. The van der Waals surface area contributed by atoms with Crippen LogP contribution in [0.1, 0.15) is 57.9 Å². The molecule has 118 valence electrons. The van der Waals surface area contributed by atoms with Gasteiger partial charge in [-0.05, 0) is 57.1 Å². The minimum Gasteiger partial charge on any atom is -0.375 e. The number of aryl methyl sites for hydroxylation is 1. The van der Waals surface area contributed by atoms with Crippen LogP contribution in [-0.4, -0.2) is 24.8 Å². The summed E-state index contributed by atoms with van der Waals surface area (Å²) in [5, 5.41) is 3.75. The van der Waals surface area contributed by atoms with Crippen LogP contribution in [0.4, 0.5) is 0 Å². The zero-order valence-corrected chi connectivity index (χ0v) is 13.7. The van der Waals surface area contributed by atoms with E-state index in [-0.39, 0.29) is 5.60 Å². The number of hydrogen-bond acceptors (Lipinski definition) is 2.